The number of hydrogen-bond acceptors (Lipinski definition) is 2. The summed E-state index contributed by atoms with van der Waals surface area (Å²) in [4.78, 5) is 11.3. The molecule has 6 heteroatoms. The van der Waals surface area contributed by atoms with Gasteiger partial charge in [0, 0.05) is 4.70 Å². The number of alkyl halides is 3. The van der Waals surface area contributed by atoms with Crippen molar-refractivity contribution in [1.29, 1.82) is 0 Å². The number of halogens is 3. The van der Waals surface area contributed by atoms with Gasteiger partial charge in [0.05, 0.1) is 5.56 Å². The van der Waals surface area contributed by atoms with Gasteiger partial charge in [-0.1, -0.05) is 19.4 Å². The number of carboxylic acid groups (broad SMARTS) is 1. The van der Waals surface area contributed by atoms with Crippen LogP contribution in [0.4, 0.5) is 13.2 Å². The number of thiophene rings is 1. The van der Waals surface area contributed by atoms with E-state index < -0.39 is 17.7 Å². The van der Waals surface area contributed by atoms with E-state index in [1.165, 1.54) is 6.07 Å². The van der Waals surface area contributed by atoms with Gasteiger partial charge in [-0.25, -0.2) is 4.79 Å². The van der Waals surface area contributed by atoms with Crippen LogP contribution >= 0.6 is 11.3 Å². The van der Waals surface area contributed by atoms with Crippen LogP contribution in [0.25, 0.3) is 10.1 Å². The molecule has 0 aliphatic heterocycles. The van der Waals surface area contributed by atoms with Crippen molar-refractivity contribution in [2.45, 2.75) is 25.9 Å². The van der Waals surface area contributed by atoms with Crippen LogP contribution in [0.15, 0.2) is 18.2 Å². The van der Waals surface area contributed by atoms with Gasteiger partial charge < -0.3 is 5.11 Å². The third-order valence-electron chi connectivity index (χ3n) is 2.81. The Kier molecular flexibility index (Phi) is 3.54. The number of rotatable bonds is 3. The van der Waals surface area contributed by atoms with Gasteiger partial charge >= 0.3 is 12.1 Å². The molecule has 1 heterocycles. The maximum atomic E-state index is 12.6. The van der Waals surface area contributed by atoms with Gasteiger partial charge in [-0.15, -0.1) is 11.3 Å². The molecule has 102 valence electrons. The zero-order valence-corrected chi connectivity index (χ0v) is 10.9. The van der Waals surface area contributed by atoms with Crippen LogP contribution in [0, 0.1) is 0 Å². The Morgan fingerprint density at radius 3 is 2.58 bits per heavy atom. The second-order valence-electron chi connectivity index (χ2n) is 4.17. The minimum absolute atomic E-state index is 0.135. The highest BCUT2D eigenvalue weighted by atomic mass is 32.1. The molecule has 19 heavy (non-hydrogen) atoms. The molecular formula is C13H11F3O2S. The maximum Gasteiger partial charge on any atom is 0.416 e. The first-order valence-electron chi connectivity index (χ1n) is 5.70. The molecule has 0 unspecified atom stereocenters. The molecule has 0 atom stereocenters. The van der Waals surface area contributed by atoms with Gasteiger partial charge in [0.25, 0.3) is 0 Å². The van der Waals surface area contributed by atoms with E-state index in [1.807, 2.05) is 6.92 Å². The van der Waals surface area contributed by atoms with E-state index in [4.69, 9.17) is 5.11 Å². The second kappa shape index (κ2) is 4.85. The lowest BCUT2D eigenvalue weighted by Gasteiger charge is -2.06. The van der Waals surface area contributed by atoms with Crippen LogP contribution in [-0.2, 0) is 12.6 Å². The molecule has 0 radical (unpaired) electrons. The normalized spacial score (nSPS) is 12.0. The van der Waals surface area contributed by atoms with Gasteiger partial charge in [0.2, 0.25) is 0 Å². The lowest BCUT2D eigenvalue weighted by Crippen LogP contribution is -2.03. The molecule has 0 amide bonds. The van der Waals surface area contributed by atoms with Crippen molar-refractivity contribution in [2.24, 2.45) is 0 Å². The summed E-state index contributed by atoms with van der Waals surface area (Å²) < 4.78 is 38.2. The van der Waals surface area contributed by atoms with E-state index in [-0.39, 0.29) is 4.88 Å². The van der Waals surface area contributed by atoms with Gasteiger partial charge in [0.15, 0.2) is 0 Å². The summed E-state index contributed by atoms with van der Waals surface area (Å²) in [5, 5.41) is 9.72. The zero-order chi connectivity index (χ0) is 14.2. The van der Waals surface area contributed by atoms with Crippen molar-refractivity contribution in [3.63, 3.8) is 0 Å². The molecule has 1 aromatic carbocycles. The van der Waals surface area contributed by atoms with Crippen LogP contribution < -0.4 is 0 Å². The number of aromatic carboxylic acids is 1. The summed E-state index contributed by atoms with van der Waals surface area (Å²) in [7, 11) is 0. The summed E-state index contributed by atoms with van der Waals surface area (Å²) in [5.74, 6) is -1.08. The van der Waals surface area contributed by atoms with Crippen molar-refractivity contribution in [1.82, 2.24) is 0 Å². The Bertz CT molecular complexity index is 629. The molecule has 0 saturated carbocycles. The zero-order valence-electron chi connectivity index (χ0n) is 10.0. The minimum Gasteiger partial charge on any atom is -0.477 e. The molecule has 2 aromatic rings. The average molecular weight is 288 g/mol. The molecule has 1 N–H and O–H groups in total. The molecule has 0 spiro atoms. The fraction of sp³-hybridized carbons (Fsp3) is 0.308. The third kappa shape index (κ3) is 2.58. The van der Waals surface area contributed by atoms with Crippen molar-refractivity contribution in [3.05, 3.63) is 34.2 Å². The Balaban J connectivity index is 2.66. The highest BCUT2D eigenvalue weighted by molar-refractivity contribution is 7.21. The van der Waals surface area contributed by atoms with E-state index in [0.717, 1.165) is 29.9 Å². The lowest BCUT2D eigenvalue weighted by atomic mass is 10.0. The van der Waals surface area contributed by atoms with Gasteiger partial charge in [-0.05, 0) is 29.5 Å². The summed E-state index contributed by atoms with van der Waals surface area (Å²) in [6, 6.07) is 3.39. The summed E-state index contributed by atoms with van der Waals surface area (Å²) in [6.45, 7) is 1.90. The smallest absolute Gasteiger partial charge is 0.416 e. The first kappa shape index (κ1) is 13.9. The van der Waals surface area contributed by atoms with E-state index in [9.17, 15) is 18.0 Å². The van der Waals surface area contributed by atoms with Crippen LogP contribution in [0.5, 0.6) is 0 Å². The summed E-state index contributed by atoms with van der Waals surface area (Å²) >= 11 is 0.903. The lowest BCUT2D eigenvalue weighted by molar-refractivity contribution is -0.137. The van der Waals surface area contributed by atoms with E-state index in [1.54, 1.807) is 0 Å². The van der Waals surface area contributed by atoms with Crippen molar-refractivity contribution in [3.8, 4) is 0 Å². The van der Waals surface area contributed by atoms with Crippen LogP contribution in [0.2, 0.25) is 0 Å². The number of carboxylic acids is 1. The molecule has 0 saturated heterocycles. The largest absolute Gasteiger partial charge is 0.477 e. The Morgan fingerprint density at radius 2 is 2.05 bits per heavy atom. The van der Waals surface area contributed by atoms with Gasteiger partial charge in [-0.3, -0.25) is 0 Å². The number of aryl methyl sites for hydroxylation is 1. The molecule has 2 rings (SSSR count). The van der Waals surface area contributed by atoms with Crippen molar-refractivity contribution >= 4 is 27.4 Å². The number of carbonyl (C=O) groups is 1. The molecule has 2 nitrogen and oxygen atoms in total. The number of benzene rings is 1. The van der Waals surface area contributed by atoms with Crippen LogP contribution in [0.3, 0.4) is 0 Å². The monoisotopic (exact) mass is 288 g/mol. The summed E-state index contributed by atoms with van der Waals surface area (Å²) in [6.07, 6.45) is -3.12. The number of hydrogen-bond donors (Lipinski definition) is 1. The van der Waals surface area contributed by atoms with Gasteiger partial charge in [-0.2, -0.15) is 13.2 Å². The topological polar surface area (TPSA) is 37.3 Å². The van der Waals surface area contributed by atoms with Crippen LogP contribution in [-0.4, -0.2) is 11.1 Å². The fourth-order valence-electron chi connectivity index (χ4n) is 2.00. The molecule has 0 bridgehead atoms. The highest BCUT2D eigenvalue weighted by Crippen LogP contribution is 2.37. The van der Waals surface area contributed by atoms with Crippen molar-refractivity contribution in [2.75, 3.05) is 0 Å². The first-order valence-corrected chi connectivity index (χ1v) is 6.52. The minimum atomic E-state index is -4.41. The SMILES string of the molecule is CCCc1c(C(=O)O)sc2cc(C(F)(F)F)ccc12. The molecular weight excluding hydrogens is 277 g/mol. The molecule has 0 aliphatic rings. The molecule has 1 aromatic heterocycles. The predicted octanol–water partition coefficient (Wildman–Crippen LogP) is 4.57. The Hall–Kier alpha value is -1.56. The Labute approximate surface area is 111 Å². The predicted molar refractivity (Wildman–Crippen MR) is 67.8 cm³/mol. The molecule has 0 fully saturated rings. The van der Waals surface area contributed by atoms with E-state index in [0.29, 0.717) is 22.1 Å². The van der Waals surface area contributed by atoms with E-state index in [2.05, 4.69) is 0 Å². The Morgan fingerprint density at radius 1 is 1.37 bits per heavy atom. The van der Waals surface area contributed by atoms with Crippen LogP contribution in [0.1, 0.15) is 34.1 Å². The standard InChI is InChI=1S/C13H11F3O2S/c1-2-3-9-8-5-4-7(13(14,15)16)6-10(8)19-11(9)12(17)18/h4-6H,2-3H2,1H3,(H,17,18). The number of fused-ring (bicyclic) bond motifs is 1. The quantitative estimate of drug-likeness (QED) is 0.898. The first-order chi connectivity index (χ1) is 8.84. The highest BCUT2D eigenvalue weighted by Gasteiger charge is 2.31. The molecule has 0 aliphatic carbocycles. The summed E-state index contributed by atoms with van der Waals surface area (Å²) in [5.41, 5.74) is -0.120. The van der Waals surface area contributed by atoms with E-state index >= 15 is 0 Å². The van der Waals surface area contributed by atoms with Crippen molar-refractivity contribution < 1.29 is 23.1 Å². The second-order valence-corrected chi connectivity index (χ2v) is 5.23. The maximum absolute atomic E-state index is 12.6. The fourth-order valence-corrected chi connectivity index (χ4v) is 3.13. The average Bonchev–Trinajstić information content (AvgIpc) is 2.67. The third-order valence-corrected chi connectivity index (χ3v) is 4.00. The van der Waals surface area contributed by atoms with Gasteiger partial charge in [0.1, 0.15) is 4.88 Å².